The Morgan fingerprint density at radius 3 is 2.38 bits per heavy atom. The van der Waals surface area contributed by atoms with Crippen LogP contribution in [0.2, 0.25) is 0 Å². The Kier molecular flexibility index (Phi) is 6.71. The normalized spacial score (nSPS) is 18.1. The summed E-state index contributed by atoms with van der Waals surface area (Å²) in [6.45, 7) is 6.42. The van der Waals surface area contributed by atoms with Crippen LogP contribution in [0.25, 0.3) is 0 Å². The van der Waals surface area contributed by atoms with Crippen LogP contribution in [0.1, 0.15) is 6.92 Å². The number of likely N-dealkylation sites (N-methyl/N-ethyl adjacent to an activating group) is 1. The number of rotatable bonds is 5. The predicted molar refractivity (Wildman–Crippen MR) is 105 cm³/mol. The zero-order valence-electron chi connectivity index (χ0n) is 16.9. The largest absolute Gasteiger partial charge is 0.466 e. The Morgan fingerprint density at radius 2 is 1.79 bits per heavy atom. The first kappa shape index (κ1) is 21.1. The topological polar surface area (TPSA) is 71.5 Å². The molecule has 0 saturated carbocycles. The average molecular weight is 407 g/mol. The molecule has 0 aliphatic carbocycles. The number of nitrogens with zero attached hydrogens (tertiary/aromatic N) is 3. The van der Waals surface area contributed by atoms with E-state index in [-0.39, 0.29) is 30.3 Å². The second-order valence-corrected chi connectivity index (χ2v) is 6.77. The molecule has 2 aliphatic heterocycles. The Bertz CT molecular complexity index is 805. The number of halogens is 1. The lowest BCUT2D eigenvalue weighted by Gasteiger charge is -2.36. The first-order valence-electron chi connectivity index (χ1n) is 9.52. The highest BCUT2D eigenvalue weighted by Gasteiger charge is 2.33. The van der Waals surface area contributed by atoms with Gasteiger partial charge in [0, 0.05) is 31.9 Å². The van der Waals surface area contributed by atoms with Crippen LogP contribution in [0, 0.1) is 5.82 Å². The van der Waals surface area contributed by atoms with Crippen molar-refractivity contribution in [1.82, 2.24) is 4.90 Å². The lowest BCUT2D eigenvalue weighted by atomic mass is 10.1. The zero-order valence-corrected chi connectivity index (χ0v) is 16.9. The van der Waals surface area contributed by atoms with Crippen LogP contribution in [-0.4, -0.2) is 77.1 Å². The van der Waals surface area contributed by atoms with Gasteiger partial charge in [0.15, 0.2) is 0 Å². The van der Waals surface area contributed by atoms with Crippen LogP contribution in [0.3, 0.4) is 0 Å². The molecule has 3 rings (SSSR count). The highest BCUT2D eigenvalue weighted by molar-refractivity contribution is 6.03. The molecule has 29 heavy (non-hydrogen) atoms. The molecule has 0 N–H and O–H groups in total. The number of carbonyl (C=O) groups excluding carboxylic acids is 2. The summed E-state index contributed by atoms with van der Waals surface area (Å²) >= 11 is 0. The molecular weight excluding hydrogens is 381 g/mol. The van der Waals surface area contributed by atoms with E-state index in [9.17, 15) is 9.59 Å². The molecule has 0 amide bonds. The molecule has 0 aromatic heterocycles. The molecular formula is C20H26FN3O5. The van der Waals surface area contributed by atoms with Gasteiger partial charge in [-0.3, -0.25) is 0 Å². The van der Waals surface area contributed by atoms with E-state index in [2.05, 4.69) is 16.7 Å². The van der Waals surface area contributed by atoms with Gasteiger partial charge in [-0.1, -0.05) is 6.92 Å². The minimum absolute atomic E-state index is 0.00948. The van der Waals surface area contributed by atoms with Gasteiger partial charge in [0.1, 0.15) is 18.2 Å². The number of anilines is 2. The highest BCUT2D eigenvalue weighted by atomic mass is 19.1. The van der Waals surface area contributed by atoms with Gasteiger partial charge in [-0.05, 0) is 24.7 Å². The van der Waals surface area contributed by atoms with Crippen molar-refractivity contribution in [3.05, 3.63) is 35.3 Å². The molecule has 0 radical (unpaired) electrons. The van der Waals surface area contributed by atoms with Gasteiger partial charge in [0.05, 0.1) is 32.1 Å². The van der Waals surface area contributed by atoms with E-state index in [1.165, 1.54) is 25.2 Å². The summed E-state index contributed by atoms with van der Waals surface area (Å²) in [5, 5.41) is 0. The third-order valence-corrected chi connectivity index (χ3v) is 5.24. The number of piperazine rings is 1. The van der Waals surface area contributed by atoms with Crippen molar-refractivity contribution < 1.29 is 28.2 Å². The molecule has 1 aromatic carbocycles. The molecule has 0 unspecified atom stereocenters. The number of hydrogen-bond donors (Lipinski definition) is 0. The number of ether oxygens (including phenoxy) is 3. The van der Waals surface area contributed by atoms with Gasteiger partial charge in [-0.25, -0.2) is 14.0 Å². The van der Waals surface area contributed by atoms with Crippen molar-refractivity contribution in [2.45, 2.75) is 6.92 Å². The smallest absolute Gasteiger partial charge is 0.355 e. The van der Waals surface area contributed by atoms with E-state index in [4.69, 9.17) is 14.2 Å². The van der Waals surface area contributed by atoms with Gasteiger partial charge in [0.25, 0.3) is 0 Å². The number of methoxy groups -OCH3 is 2. The molecule has 2 heterocycles. The van der Waals surface area contributed by atoms with Gasteiger partial charge in [0.2, 0.25) is 0 Å². The first-order valence-corrected chi connectivity index (χ1v) is 9.52. The van der Waals surface area contributed by atoms with Gasteiger partial charge >= 0.3 is 11.9 Å². The van der Waals surface area contributed by atoms with Crippen LogP contribution < -0.4 is 9.80 Å². The summed E-state index contributed by atoms with van der Waals surface area (Å²) in [5.74, 6) is -2.00. The van der Waals surface area contributed by atoms with Crippen LogP contribution in [0.5, 0.6) is 0 Å². The highest BCUT2D eigenvalue weighted by Crippen LogP contribution is 2.31. The fraction of sp³-hybridized carbons (Fsp3) is 0.500. The Labute approximate surface area is 169 Å². The van der Waals surface area contributed by atoms with Crippen LogP contribution in [-0.2, 0) is 23.8 Å². The summed E-state index contributed by atoms with van der Waals surface area (Å²) in [4.78, 5) is 30.2. The molecule has 1 aromatic rings. The molecule has 0 bridgehead atoms. The maximum atomic E-state index is 15.1. The lowest BCUT2D eigenvalue weighted by Crippen LogP contribution is -2.46. The van der Waals surface area contributed by atoms with Crippen molar-refractivity contribution in [2.75, 3.05) is 70.1 Å². The fourth-order valence-electron chi connectivity index (χ4n) is 3.57. The standard InChI is InChI=1S/C20H26FN3O5/c1-4-22-7-9-23(10-8-22)14-5-6-17(16(21)11-14)24-13-29-12-15(19(25)27-2)18(24)20(26)28-3/h5-6,11H,4,7-10,12-13H2,1-3H3. The molecule has 9 heteroatoms. The quantitative estimate of drug-likeness (QED) is 0.678. The van der Waals surface area contributed by atoms with Crippen molar-refractivity contribution >= 4 is 23.3 Å². The minimum Gasteiger partial charge on any atom is -0.466 e. The monoisotopic (exact) mass is 407 g/mol. The SMILES string of the molecule is CCN1CCN(c2ccc(N3COCC(C(=O)OC)=C3C(=O)OC)c(F)c2)CC1. The third-order valence-electron chi connectivity index (χ3n) is 5.24. The van der Waals surface area contributed by atoms with E-state index in [1.807, 2.05) is 0 Å². The molecule has 158 valence electrons. The number of carbonyl (C=O) groups is 2. The first-order chi connectivity index (χ1) is 14.0. The van der Waals surface area contributed by atoms with E-state index in [0.29, 0.717) is 0 Å². The average Bonchev–Trinajstić information content (AvgIpc) is 2.77. The Hall–Kier alpha value is -2.65. The minimum atomic E-state index is -0.757. The second-order valence-electron chi connectivity index (χ2n) is 6.77. The van der Waals surface area contributed by atoms with Crippen LogP contribution >= 0.6 is 0 Å². The summed E-state index contributed by atoms with van der Waals surface area (Å²) in [5.41, 5.74) is 0.817. The Morgan fingerprint density at radius 1 is 1.10 bits per heavy atom. The van der Waals surface area contributed by atoms with Crippen LogP contribution in [0.15, 0.2) is 29.5 Å². The number of hydrogen-bond acceptors (Lipinski definition) is 8. The van der Waals surface area contributed by atoms with Crippen molar-refractivity contribution in [2.24, 2.45) is 0 Å². The third kappa shape index (κ3) is 4.35. The molecule has 0 spiro atoms. The van der Waals surface area contributed by atoms with Crippen molar-refractivity contribution in [1.29, 1.82) is 0 Å². The maximum Gasteiger partial charge on any atom is 0.355 e. The Balaban J connectivity index is 1.91. The van der Waals surface area contributed by atoms with E-state index >= 15 is 4.39 Å². The molecule has 0 atom stereocenters. The van der Waals surface area contributed by atoms with E-state index < -0.39 is 17.8 Å². The molecule has 2 aliphatic rings. The summed E-state index contributed by atoms with van der Waals surface area (Å²) in [6.07, 6.45) is 0. The molecule has 8 nitrogen and oxygen atoms in total. The second kappa shape index (κ2) is 9.23. The van der Waals surface area contributed by atoms with Gasteiger partial charge < -0.3 is 28.9 Å². The maximum absolute atomic E-state index is 15.1. The van der Waals surface area contributed by atoms with Gasteiger partial charge in [-0.15, -0.1) is 0 Å². The van der Waals surface area contributed by atoms with Crippen LogP contribution in [0.4, 0.5) is 15.8 Å². The number of esters is 2. The predicted octanol–water partition coefficient (Wildman–Crippen LogP) is 1.36. The molecule has 1 saturated heterocycles. The zero-order chi connectivity index (χ0) is 21.0. The summed E-state index contributed by atoms with van der Waals surface area (Å²) in [6, 6.07) is 4.84. The summed E-state index contributed by atoms with van der Waals surface area (Å²) < 4.78 is 30.0. The fourth-order valence-corrected chi connectivity index (χ4v) is 3.57. The van der Waals surface area contributed by atoms with Crippen molar-refractivity contribution in [3.63, 3.8) is 0 Å². The van der Waals surface area contributed by atoms with Crippen molar-refractivity contribution in [3.8, 4) is 0 Å². The van der Waals surface area contributed by atoms with E-state index in [0.717, 1.165) is 38.4 Å². The van der Waals surface area contributed by atoms with E-state index in [1.54, 1.807) is 12.1 Å². The lowest BCUT2D eigenvalue weighted by molar-refractivity contribution is -0.140. The molecule has 1 fully saturated rings. The number of benzene rings is 1. The summed E-state index contributed by atoms with van der Waals surface area (Å²) in [7, 11) is 2.41. The van der Waals surface area contributed by atoms with Gasteiger partial charge in [-0.2, -0.15) is 0 Å².